The lowest BCUT2D eigenvalue weighted by Crippen LogP contribution is -2.35. The van der Waals surface area contributed by atoms with E-state index in [1.807, 2.05) is 19.9 Å². The van der Waals surface area contributed by atoms with E-state index < -0.39 is 23.9 Å². The molecule has 160 valence electrons. The van der Waals surface area contributed by atoms with Gasteiger partial charge in [0.05, 0.1) is 19.4 Å². The average molecular weight is 414 g/mol. The van der Waals surface area contributed by atoms with Gasteiger partial charge in [0, 0.05) is 5.56 Å². The molecular weight excluding hydrogens is 388 g/mol. The Labute approximate surface area is 175 Å². The third kappa shape index (κ3) is 6.51. The molecule has 2 rings (SSSR count). The van der Waals surface area contributed by atoms with Gasteiger partial charge in [0.25, 0.3) is 11.8 Å². The zero-order valence-electron chi connectivity index (χ0n) is 17.5. The molecule has 2 aromatic rings. The van der Waals surface area contributed by atoms with Crippen molar-refractivity contribution in [2.45, 2.75) is 26.9 Å². The largest absolute Gasteiger partial charge is 0.495 e. The fourth-order valence-electron chi connectivity index (χ4n) is 2.57. The molecule has 0 aliphatic rings. The Balaban J connectivity index is 1.84. The zero-order chi connectivity index (χ0) is 22.1. The highest BCUT2D eigenvalue weighted by Crippen LogP contribution is 2.25. The molecule has 2 N–H and O–H groups in total. The van der Waals surface area contributed by atoms with Gasteiger partial charge in [-0.15, -0.1) is 0 Å². The Morgan fingerprint density at radius 2 is 1.77 bits per heavy atom. The van der Waals surface area contributed by atoms with Gasteiger partial charge < -0.3 is 24.8 Å². The van der Waals surface area contributed by atoms with Crippen molar-refractivity contribution >= 4 is 23.5 Å². The van der Waals surface area contributed by atoms with E-state index in [0.717, 1.165) is 5.56 Å². The van der Waals surface area contributed by atoms with Gasteiger partial charge in [-0.3, -0.25) is 14.4 Å². The van der Waals surface area contributed by atoms with Crippen LogP contribution < -0.4 is 20.1 Å². The van der Waals surface area contributed by atoms with Gasteiger partial charge in [0.15, 0.2) is 6.10 Å². The normalized spacial score (nSPS) is 11.2. The second-order valence-electron chi connectivity index (χ2n) is 6.47. The molecule has 0 saturated heterocycles. The van der Waals surface area contributed by atoms with Crippen LogP contribution in [0, 0.1) is 6.92 Å². The van der Waals surface area contributed by atoms with Crippen LogP contribution in [0.5, 0.6) is 11.5 Å². The fraction of sp³-hybridized carbons (Fsp3) is 0.318. The predicted octanol–water partition coefficient (Wildman–Crippen LogP) is 2.70. The first kappa shape index (κ1) is 22.7. The van der Waals surface area contributed by atoms with Crippen molar-refractivity contribution in [3.8, 4) is 11.5 Å². The van der Waals surface area contributed by atoms with Crippen LogP contribution in [0.4, 0.5) is 5.69 Å². The first-order chi connectivity index (χ1) is 14.3. The highest BCUT2D eigenvalue weighted by Gasteiger charge is 2.20. The number of methoxy groups -OCH3 is 1. The molecule has 0 aromatic heterocycles. The lowest BCUT2D eigenvalue weighted by atomic mass is 10.2. The molecular formula is C22H26N2O6. The van der Waals surface area contributed by atoms with E-state index in [1.54, 1.807) is 36.4 Å². The van der Waals surface area contributed by atoms with Crippen LogP contribution in [-0.4, -0.2) is 44.1 Å². The van der Waals surface area contributed by atoms with E-state index in [-0.39, 0.29) is 6.54 Å². The molecule has 0 heterocycles. The minimum Gasteiger partial charge on any atom is -0.495 e. The molecule has 2 aromatic carbocycles. The second-order valence-corrected chi connectivity index (χ2v) is 6.47. The van der Waals surface area contributed by atoms with Crippen LogP contribution in [0.1, 0.15) is 29.8 Å². The lowest BCUT2D eigenvalue weighted by Gasteiger charge is -2.16. The van der Waals surface area contributed by atoms with E-state index >= 15 is 0 Å². The quantitative estimate of drug-likeness (QED) is 0.612. The van der Waals surface area contributed by atoms with Crippen LogP contribution in [0.2, 0.25) is 0 Å². The SMILES string of the molecule is CCOc1ccc(C(=O)NCC(=O)O[C@H](C)C(=O)Nc2cc(C)ccc2OC)cc1. The predicted molar refractivity (Wildman–Crippen MR) is 112 cm³/mol. The van der Waals surface area contributed by atoms with Gasteiger partial charge >= 0.3 is 5.97 Å². The number of aryl methyl sites for hydroxylation is 1. The maximum absolute atomic E-state index is 12.3. The van der Waals surface area contributed by atoms with Crippen molar-refractivity contribution in [3.63, 3.8) is 0 Å². The van der Waals surface area contributed by atoms with E-state index in [0.29, 0.717) is 29.4 Å². The maximum atomic E-state index is 12.3. The van der Waals surface area contributed by atoms with Crippen molar-refractivity contribution in [3.05, 3.63) is 53.6 Å². The molecule has 1 atom stereocenters. The number of hydrogen-bond donors (Lipinski definition) is 2. The molecule has 0 unspecified atom stereocenters. The minimum atomic E-state index is -1.05. The van der Waals surface area contributed by atoms with Crippen molar-refractivity contribution in [1.82, 2.24) is 5.32 Å². The van der Waals surface area contributed by atoms with E-state index in [2.05, 4.69) is 10.6 Å². The Morgan fingerprint density at radius 1 is 1.07 bits per heavy atom. The van der Waals surface area contributed by atoms with Crippen LogP contribution in [-0.2, 0) is 14.3 Å². The molecule has 8 heteroatoms. The van der Waals surface area contributed by atoms with Crippen LogP contribution >= 0.6 is 0 Å². The summed E-state index contributed by atoms with van der Waals surface area (Å²) in [6.45, 7) is 5.36. The van der Waals surface area contributed by atoms with Gasteiger partial charge in [-0.1, -0.05) is 6.07 Å². The summed E-state index contributed by atoms with van der Waals surface area (Å²) in [5.74, 6) is -0.525. The van der Waals surface area contributed by atoms with Crippen molar-refractivity contribution < 1.29 is 28.6 Å². The van der Waals surface area contributed by atoms with Gasteiger partial charge in [0.1, 0.15) is 18.0 Å². The van der Waals surface area contributed by atoms with E-state index in [1.165, 1.54) is 14.0 Å². The topological polar surface area (TPSA) is 103 Å². The number of esters is 1. The lowest BCUT2D eigenvalue weighted by molar-refractivity contribution is -0.152. The van der Waals surface area contributed by atoms with Gasteiger partial charge in [0.2, 0.25) is 0 Å². The zero-order valence-corrected chi connectivity index (χ0v) is 17.5. The Kier molecular flexibility index (Phi) is 8.22. The first-order valence-electron chi connectivity index (χ1n) is 9.50. The number of ether oxygens (including phenoxy) is 3. The summed E-state index contributed by atoms with van der Waals surface area (Å²) < 4.78 is 15.6. The maximum Gasteiger partial charge on any atom is 0.326 e. The highest BCUT2D eigenvalue weighted by molar-refractivity contribution is 5.98. The number of anilines is 1. The average Bonchev–Trinajstić information content (AvgIpc) is 2.73. The number of carbonyl (C=O) groups is 3. The van der Waals surface area contributed by atoms with Crippen molar-refractivity contribution in [1.29, 1.82) is 0 Å². The molecule has 0 fully saturated rings. The standard InChI is InChI=1S/C22H26N2O6/c1-5-29-17-9-7-16(8-10-17)22(27)23-13-20(25)30-15(3)21(26)24-18-12-14(2)6-11-19(18)28-4/h6-12,15H,5,13H2,1-4H3,(H,23,27)(H,24,26)/t15-/m1/s1. The fourth-order valence-corrected chi connectivity index (χ4v) is 2.57. The first-order valence-corrected chi connectivity index (χ1v) is 9.50. The summed E-state index contributed by atoms with van der Waals surface area (Å²) >= 11 is 0. The molecule has 0 radical (unpaired) electrons. The number of hydrogen-bond acceptors (Lipinski definition) is 6. The Morgan fingerprint density at radius 3 is 2.40 bits per heavy atom. The summed E-state index contributed by atoms with van der Waals surface area (Å²) in [5, 5.41) is 5.14. The van der Waals surface area contributed by atoms with E-state index in [4.69, 9.17) is 14.2 Å². The summed E-state index contributed by atoms with van der Waals surface area (Å²) in [5.41, 5.74) is 1.80. The monoisotopic (exact) mass is 414 g/mol. The Hall–Kier alpha value is -3.55. The van der Waals surface area contributed by atoms with Gasteiger partial charge in [-0.05, 0) is 62.7 Å². The second kappa shape index (κ2) is 10.8. The number of carbonyl (C=O) groups excluding carboxylic acids is 3. The Bertz CT molecular complexity index is 895. The minimum absolute atomic E-state index is 0.364. The molecule has 0 bridgehead atoms. The van der Waals surface area contributed by atoms with Crippen LogP contribution in [0.3, 0.4) is 0 Å². The number of benzene rings is 2. The van der Waals surface area contributed by atoms with Crippen LogP contribution in [0.25, 0.3) is 0 Å². The van der Waals surface area contributed by atoms with Crippen molar-refractivity contribution in [2.24, 2.45) is 0 Å². The summed E-state index contributed by atoms with van der Waals surface area (Å²) in [7, 11) is 1.50. The van der Waals surface area contributed by atoms with Crippen molar-refractivity contribution in [2.75, 3.05) is 25.6 Å². The van der Waals surface area contributed by atoms with Gasteiger partial charge in [-0.25, -0.2) is 0 Å². The van der Waals surface area contributed by atoms with Gasteiger partial charge in [-0.2, -0.15) is 0 Å². The highest BCUT2D eigenvalue weighted by atomic mass is 16.5. The molecule has 2 amide bonds. The number of nitrogens with one attached hydrogen (secondary N) is 2. The molecule has 0 spiro atoms. The number of amides is 2. The molecule has 0 saturated carbocycles. The molecule has 0 aliphatic heterocycles. The smallest absolute Gasteiger partial charge is 0.326 e. The number of rotatable bonds is 9. The third-order valence-electron chi connectivity index (χ3n) is 4.11. The summed E-state index contributed by atoms with van der Waals surface area (Å²) in [4.78, 5) is 36.5. The van der Waals surface area contributed by atoms with Crippen LogP contribution in [0.15, 0.2) is 42.5 Å². The van der Waals surface area contributed by atoms with E-state index in [9.17, 15) is 14.4 Å². The summed E-state index contributed by atoms with van der Waals surface area (Å²) in [6.07, 6.45) is -1.05. The molecule has 30 heavy (non-hydrogen) atoms. The third-order valence-corrected chi connectivity index (χ3v) is 4.11. The molecule has 0 aliphatic carbocycles. The molecule has 8 nitrogen and oxygen atoms in total. The summed E-state index contributed by atoms with van der Waals surface area (Å²) in [6, 6.07) is 11.9.